The van der Waals surface area contributed by atoms with E-state index in [0.29, 0.717) is 30.2 Å². The van der Waals surface area contributed by atoms with E-state index in [0.717, 1.165) is 0 Å². The first kappa shape index (κ1) is 13.8. The molecule has 0 aromatic carbocycles. The Morgan fingerprint density at radius 1 is 1.41 bits per heavy atom. The lowest BCUT2D eigenvalue weighted by Crippen LogP contribution is -2.45. The van der Waals surface area contributed by atoms with Crippen molar-refractivity contribution >= 4 is 17.0 Å². The zero-order valence-corrected chi connectivity index (χ0v) is 12.3. The molecule has 4 unspecified atom stereocenters. The predicted molar refractivity (Wildman–Crippen MR) is 75.0 cm³/mol. The van der Waals surface area contributed by atoms with E-state index in [1.807, 2.05) is 0 Å². The lowest BCUT2D eigenvalue weighted by Gasteiger charge is -2.30. The van der Waals surface area contributed by atoms with Crippen molar-refractivity contribution in [3.8, 4) is 0 Å². The molecule has 0 spiro atoms. The van der Waals surface area contributed by atoms with Crippen LogP contribution in [-0.4, -0.2) is 64.8 Å². The quantitative estimate of drug-likeness (QED) is 0.823. The second-order valence-corrected chi connectivity index (χ2v) is 5.52. The highest BCUT2D eigenvalue weighted by molar-refractivity contribution is 5.81. The van der Waals surface area contributed by atoms with Crippen molar-refractivity contribution in [2.24, 2.45) is 0 Å². The lowest BCUT2D eigenvalue weighted by atomic mass is 10.0. The van der Waals surface area contributed by atoms with Gasteiger partial charge >= 0.3 is 0 Å². The number of nitrogen functional groups attached to an aromatic ring is 1. The van der Waals surface area contributed by atoms with Crippen molar-refractivity contribution in [1.29, 1.82) is 0 Å². The number of nitrogens with two attached hydrogens (primary N) is 1. The van der Waals surface area contributed by atoms with E-state index in [4.69, 9.17) is 24.7 Å². The molecule has 2 aromatic heterocycles. The molecular weight excluding hydrogens is 290 g/mol. The maximum absolute atomic E-state index is 6.23. The van der Waals surface area contributed by atoms with Crippen LogP contribution < -0.4 is 5.73 Å². The molecule has 0 radical (unpaired) electrons. The number of ether oxygens (including phenoxy) is 4. The van der Waals surface area contributed by atoms with Gasteiger partial charge in [-0.3, -0.25) is 4.57 Å². The van der Waals surface area contributed by atoms with Crippen LogP contribution in [-0.2, 0) is 18.9 Å². The van der Waals surface area contributed by atoms with Crippen LogP contribution in [0.4, 0.5) is 5.82 Å². The number of hydrogen-bond acceptors (Lipinski definition) is 8. The van der Waals surface area contributed by atoms with E-state index in [2.05, 4.69) is 15.0 Å². The second-order valence-electron chi connectivity index (χ2n) is 5.52. The summed E-state index contributed by atoms with van der Waals surface area (Å²) >= 11 is 0. The summed E-state index contributed by atoms with van der Waals surface area (Å²) in [5.41, 5.74) is 6.36. The second kappa shape index (κ2) is 4.85. The van der Waals surface area contributed by atoms with Crippen LogP contribution in [0.3, 0.4) is 0 Å². The third kappa shape index (κ3) is 1.70. The Kier molecular flexibility index (Phi) is 3.05. The fourth-order valence-corrected chi connectivity index (χ4v) is 3.37. The number of rotatable bonds is 4. The average molecular weight is 307 g/mol. The van der Waals surface area contributed by atoms with Gasteiger partial charge in [-0.15, -0.1) is 0 Å². The summed E-state index contributed by atoms with van der Waals surface area (Å²) in [5, 5.41) is 0. The summed E-state index contributed by atoms with van der Waals surface area (Å²) in [6.07, 6.45) is 2.18. The van der Waals surface area contributed by atoms with Crippen LogP contribution in [0, 0.1) is 0 Å². The molecular formula is C13H17N5O4. The Bertz CT molecular complexity index is 707. The maximum atomic E-state index is 6.23. The summed E-state index contributed by atoms with van der Waals surface area (Å²) in [4.78, 5) is 12.5. The Morgan fingerprint density at radius 2 is 2.27 bits per heavy atom. The van der Waals surface area contributed by atoms with E-state index in [-0.39, 0.29) is 12.2 Å². The van der Waals surface area contributed by atoms with E-state index in [9.17, 15) is 0 Å². The van der Waals surface area contributed by atoms with Gasteiger partial charge in [-0.1, -0.05) is 0 Å². The molecule has 2 saturated heterocycles. The van der Waals surface area contributed by atoms with Gasteiger partial charge in [0.1, 0.15) is 29.7 Å². The molecule has 0 saturated carbocycles. The number of aromatic nitrogens is 4. The average Bonchev–Trinajstić information content (AvgIpc) is 3.16. The van der Waals surface area contributed by atoms with Crippen LogP contribution in [0.15, 0.2) is 12.7 Å². The lowest BCUT2D eigenvalue weighted by molar-refractivity contribution is -0.189. The van der Waals surface area contributed by atoms with Crippen molar-refractivity contribution in [3.63, 3.8) is 0 Å². The monoisotopic (exact) mass is 307 g/mol. The molecule has 2 bridgehead atoms. The highest BCUT2D eigenvalue weighted by Gasteiger charge is 2.63. The third-order valence-electron chi connectivity index (χ3n) is 4.28. The summed E-state index contributed by atoms with van der Waals surface area (Å²) in [7, 11) is 3.28. The topological polar surface area (TPSA) is 107 Å². The van der Waals surface area contributed by atoms with Crippen LogP contribution >= 0.6 is 0 Å². The SMILES string of the molecule is COCC12COC(C(n3cnc4c(N)ncnc43)O1)C2OC. The van der Waals surface area contributed by atoms with Gasteiger partial charge in [-0.25, -0.2) is 15.0 Å². The van der Waals surface area contributed by atoms with Crippen LogP contribution in [0.25, 0.3) is 11.2 Å². The number of methoxy groups -OCH3 is 2. The van der Waals surface area contributed by atoms with Gasteiger partial charge in [0.15, 0.2) is 17.7 Å². The van der Waals surface area contributed by atoms with E-state index >= 15 is 0 Å². The Balaban J connectivity index is 1.76. The molecule has 9 nitrogen and oxygen atoms in total. The minimum Gasteiger partial charge on any atom is -0.382 e. The standard InChI is InChI=1S/C13H17N5O4/c1-19-3-13-4-21-8(9(13)20-2)12(22-13)18-6-17-7-10(14)15-5-16-11(7)18/h5-6,8-9,12H,3-4H2,1-2H3,(H2,14,15,16). The smallest absolute Gasteiger partial charge is 0.167 e. The minimum atomic E-state index is -0.617. The van der Waals surface area contributed by atoms with Crippen molar-refractivity contribution in [1.82, 2.24) is 19.5 Å². The normalized spacial score (nSPS) is 33.8. The number of nitrogens with zero attached hydrogens (tertiary/aromatic N) is 4. The third-order valence-corrected chi connectivity index (χ3v) is 4.28. The van der Waals surface area contributed by atoms with E-state index in [1.54, 1.807) is 25.1 Å². The predicted octanol–water partition coefficient (Wildman–Crippen LogP) is -0.264. The van der Waals surface area contributed by atoms with Gasteiger partial charge in [0.25, 0.3) is 0 Å². The molecule has 22 heavy (non-hydrogen) atoms. The minimum absolute atomic E-state index is 0.214. The summed E-state index contributed by atoms with van der Waals surface area (Å²) in [6, 6.07) is 0. The maximum Gasteiger partial charge on any atom is 0.167 e. The fraction of sp³-hybridized carbons (Fsp3) is 0.615. The number of anilines is 1. The molecule has 4 rings (SSSR count). The Morgan fingerprint density at radius 3 is 3.05 bits per heavy atom. The summed E-state index contributed by atoms with van der Waals surface area (Å²) < 4.78 is 24.8. The molecule has 2 N–H and O–H groups in total. The first-order chi connectivity index (χ1) is 10.7. The molecule has 4 atom stereocenters. The largest absolute Gasteiger partial charge is 0.382 e. The van der Waals surface area contributed by atoms with Crippen LogP contribution in [0.1, 0.15) is 6.23 Å². The van der Waals surface area contributed by atoms with Crippen molar-refractivity contribution in [2.45, 2.75) is 24.0 Å². The first-order valence-electron chi connectivity index (χ1n) is 6.94. The van der Waals surface area contributed by atoms with Crippen molar-refractivity contribution in [2.75, 3.05) is 33.2 Å². The zero-order valence-electron chi connectivity index (χ0n) is 12.3. The molecule has 118 valence electrons. The number of imidazole rings is 1. The Labute approximate surface area is 126 Å². The number of hydrogen-bond donors (Lipinski definition) is 1. The molecule has 2 aliphatic heterocycles. The van der Waals surface area contributed by atoms with Gasteiger partial charge in [0, 0.05) is 14.2 Å². The molecule has 4 heterocycles. The highest BCUT2D eigenvalue weighted by atomic mass is 16.7. The van der Waals surface area contributed by atoms with Gasteiger partial charge in [-0.2, -0.15) is 0 Å². The first-order valence-corrected chi connectivity index (χ1v) is 6.94. The van der Waals surface area contributed by atoms with Crippen molar-refractivity contribution < 1.29 is 18.9 Å². The van der Waals surface area contributed by atoms with Crippen molar-refractivity contribution in [3.05, 3.63) is 12.7 Å². The van der Waals surface area contributed by atoms with Gasteiger partial charge in [0.05, 0.1) is 19.5 Å². The van der Waals surface area contributed by atoms with Gasteiger partial charge < -0.3 is 24.7 Å². The molecule has 0 aliphatic carbocycles. The van der Waals surface area contributed by atoms with Crippen LogP contribution in [0.2, 0.25) is 0 Å². The fourth-order valence-electron chi connectivity index (χ4n) is 3.37. The summed E-state index contributed by atoms with van der Waals surface area (Å²) in [6.45, 7) is 0.826. The number of fused-ring (bicyclic) bond motifs is 3. The molecule has 9 heteroatoms. The van der Waals surface area contributed by atoms with Gasteiger partial charge in [-0.05, 0) is 0 Å². The molecule has 2 aliphatic rings. The van der Waals surface area contributed by atoms with Gasteiger partial charge in [0.2, 0.25) is 0 Å². The molecule has 2 fully saturated rings. The Hall–Kier alpha value is -1.81. The molecule has 0 amide bonds. The summed E-state index contributed by atoms with van der Waals surface area (Å²) in [5.74, 6) is 0.336. The van der Waals surface area contributed by atoms with Crippen LogP contribution in [0.5, 0.6) is 0 Å². The van der Waals surface area contributed by atoms with E-state index < -0.39 is 11.8 Å². The molecule has 2 aromatic rings. The van der Waals surface area contributed by atoms with E-state index in [1.165, 1.54) is 6.33 Å². The highest BCUT2D eigenvalue weighted by Crippen LogP contribution is 2.47. The zero-order chi connectivity index (χ0) is 15.3.